The molecule has 1 heterocycles. The van der Waals surface area contributed by atoms with Crippen LogP contribution in [0.1, 0.15) is 66.0 Å². The van der Waals surface area contributed by atoms with Gasteiger partial charge in [0.05, 0.1) is 6.04 Å². The van der Waals surface area contributed by atoms with Gasteiger partial charge in [-0.25, -0.2) is 9.80 Å². The summed E-state index contributed by atoms with van der Waals surface area (Å²) in [4.78, 5) is 41.4. The molecule has 0 saturated heterocycles. The highest BCUT2D eigenvalue weighted by molar-refractivity contribution is 6.77. The molecule has 3 N–H and O–H groups in total. The van der Waals surface area contributed by atoms with Gasteiger partial charge in [0.25, 0.3) is 11.8 Å². The number of carbonyl (C=O) groups is 3. The first kappa shape index (κ1) is 27.9. The summed E-state index contributed by atoms with van der Waals surface area (Å²) in [7, 11) is -1.22. The lowest BCUT2D eigenvalue weighted by atomic mass is 9.69. The van der Waals surface area contributed by atoms with Gasteiger partial charge in [-0.05, 0) is 67.5 Å². The number of benzene rings is 3. The zero-order valence-electron chi connectivity index (χ0n) is 23.3. The monoisotopic (exact) mass is 526 g/mol. The summed E-state index contributed by atoms with van der Waals surface area (Å²) in [5, 5.41) is 15.2. The van der Waals surface area contributed by atoms with E-state index in [1.807, 2.05) is 65.8 Å². The van der Waals surface area contributed by atoms with Crippen LogP contribution >= 0.6 is 0 Å². The van der Waals surface area contributed by atoms with Crippen molar-refractivity contribution < 1.29 is 19.4 Å². The molecule has 0 aromatic heterocycles. The number of aryl methyl sites for hydroxylation is 2. The van der Waals surface area contributed by atoms with Gasteiger partial charge in [-0.15, -0.1) is 0 Å². The molecule has 4 rings (SSSR count). The van der Waals surface area contributed by atoms with E-state index in [2.05, 4.69) is 10.7 Å². The minimum absolute atomic E-state index is 0.247. The lowest BCUT2D eigenvalue weighted by molar-refractivity contribution is 0.0285. The van der Waals surface area contributed by atoms with E-state index in [0.29, 0.717) is 28.8 Å². The molecule has 0 saturated carbocycles. The number of nitrogens with one attached hydrogen (secondary N) is 2. The van der Waals surface area contributed by atoms with Gasteiger partial charge in [0.15, 0.2) is 0 Å². The number of rotatable bonds is 5. The smallest absolute Gasteiger partial charge is 0.428 e. The topological polar surface area (TPSA) is 102 Å². The van der Waals surface area contributed by atoms with E-state index in [9.17, 15) is 19.4 Å². The molecule has 202 valence electrons. The molecule has 1 aliphatic rings. The van der Waals surface area contributed by atoms with Crippen molar-refractivity contribution in [1.82, 2.24) is 10.4 Å². The number of amides is 4. The summed E-state index contributed by atoms with van der Waals surface area (Å²) in [6.07, 6.45) is 0.627. The molecule has 4 amide bonds. The van der Waals surface area contributed by atoms with Crippen molar-refractivity contribution in [2.75, 3.05) is 10.1 Å². The Bertz CT molecular complexity index is 1380. The Hall–Kier alpha value is -4.11. The Labute approximate surface area is 230 Å². The van der Waals surface area contributed by atoms with Crippen LogP contribution in [0.4, 0.5) is 16.2 Å². The standard InChI is InChI=1S/C30H35BN4O4/c1-7-26(30(4,5)6)35(28(37)22-16-19(2)15-20(3)17-22)33-27(36)21-13-14-24-25(18-21)32-29(38)34(31(24)39)23-11-9-8-10-12-23/h8-18,26,39H,7H2,1-6H3,(H,32,38)(H,33,36)/t26-/m1/s1. The second-order valence-electron chi connectivity index (χ2n) is 11.1. The van der Waals surface area contributed by atoms with Crippen LogP contribution in [0.25, 0.3) is 0 Å². The summed E-state index contributed by atoms with van der Waals surface area (Å²) >= 11 is 0. The molecule has 0 aliphatic carbocycles. The van der Waals surface area contributed by atoms with Crippen LogP contribution in [-0.2, 0) is 0 Å². The Morgan fingerprint density at radius 2 is 1.64 bits per heavy atom. The van der Waals surface area contributed by atoms with Crippen LogP contribution in [0.3, 0.4) is 0 Å². The molecule has 39 heavy (non-hydrogen) atoms. The van der Waals surface area contributed by atoms with Crippen molar-refractivity contribution in [2.45, 2.75) is 54.0 Å². The number of fused-ring (bicyclic) bond motifs is 1. The summed E-state index contributed by atoms with van der Waals surface area (Å²) in [6, 6.07) is 18.4. The number of hydrazine groups is 1. The van der Waals surface area contributed by atoms with Gasteiger partial charge >= 0.3 is 13.1 Å². The average Bonchev–Trinajstić information content (AvgIpc) is 2.87. The normalized spacial score (nSPS) is 13.9. The lowest BCUT2D eigenvalue weighted by Gasteiger charge is -2.39. The number of anilines is 2. The first-order valence-corrected chi connectivity index (χ1v) is 13.1. The van der Waals surface area contributed by atoms with Gasteiger partial charge in [0.2, 0.25) is 0 Å². The summed E-state index contributed by atoms with van der Waals surface area (Å²) < 4.78 is 0. The van der Waals surface area contributed by atoms with Crippen LogP contribution in [0.2, 0.25) is 0 Å². The largest absolute Gasteiger partial charge is 0.459 e. The summed E-state index contributed by atoms with van der Waals surface area (Å²) in [5.74, 6) is -0.787. The van der Waals surface area contributed by atoms with Crippen molar-refractivity contribution in [3.63, 3.8) is 0 Å². The fourth-order valence-electron chi connectivity index (χ4n) is 5.17. The Kier molecular flexibility index (Phi) is 7.83. The van der Waals surface area contributed by atoms with E-state index in [0.717, 1.165) is 11.1 Å². The highest BCUT2D eigenvalue weighted by Gasteiger charge is 2.38. The van der Waals surface area contributed by atoms with Crippen LogP contribution < -0.4 is 21.0 Å². The van der Waals surface area contributed by atoms with Crippen molar-refractivity contribution in [1.29, 1.82) is 0 Å². The van der Waals surface area contributed by atoms with Gasteiger partial charge in [0.1, 0.15) is 0 Å². The number of hydrogen-bond donors (Lipinski definition) is 3. The predicted octanol–water partition coefficient (Wildman–Crippen LogP) is 4.65. The van der Waals surface area contributed by atoms with E-state index in [-0.39, 0.29) is 22.9 Å². The van der Waals surface area contributed by atoms with Crippen LogP contribution in [-0.4, -0.2) is 41.0 Å². The highest BCUT2D eigenvalue weighted by atomic mass is 16.2. The van der Waals surface area contributed by atoms with Crippen molar-refractivity contribution in [3.05, 3.63) is 89.0 Å². The fourth-order valence-corrected chi connectivity index (χ4v) is 5.17. The van der Waals surface area contributed by atoms with E-state index in [4.69, 9.17) is 0 Å². The Morgan fingerprint density at radius 1 is 1.00 bits per heavy atom. The summed E-state index contributed by atoms with van der Waals surface area (Å²) in [5.41, 5.74) is 6.54. The fraction of sp³-hybridized carbons (Fsp3) is 0.300. The molecule has 1 atom stereocenters. The average molecular weight is 526 g/mol. The van der Waals surface area contributed by atoms with Gasteiger partial charge in [-0.2, -0.15) is 0 Å². The van der Waals surface area contributed by atoms with E-state index < -0.39 is 19.0 Å². The molecular weight excluding hydrogens is 491 g/mol. The molecule has 0 unspecified atom stereocenters. The molecular formula is C30H35BN4O4. The Balaban J connectivity index is 1.65. The number of para-hydroxylation sites is 1. The molecule has 0 fully saturated rings. The van der Waals surface area contributed by atoms with Gasteiger partial charge in [0, 0.05) is 22.5 Å². The second kappa shape index (κ2) is 10.9. The molecule has 8 nitrogen and oxygen atoms in total. The van der Waals surface area contributed by atoms with Gasteiger partial charge < -0.3 is 15.2 Å². The maximum atomic E-state index is 13.8. The zero-order valence-corrected chi connectivity index (χ0v) is 23.3. The first-order chi connectivity index (χ1) is 18.4. The van der Waals surface area contributed by atoms with Crippen LogP contribution in [0, 0.1) is 19.3 Å². The zero-order chi connectivity index (χ0) is 28.5. The molecule has 0 spiro atoms. The first-order valence-electron chi connectivity index (χ1n) is 13.1. The molecule has 3 aromatic rings. The maximum Gasteiger partial charge on any atom is 0.459 e. The Morgan fingerprint density at radius 3 is 2.23 bits per heavy atom. The van der Waals surface area contributed by atoms with Crippen molar-refractivity contribution in [2.24, 2.45) is 5.41 Å². The van der Waals surface area contributed by atoms with Crippen molar-refractivity contribution in [3.8, 4) is 0 Å². The molecule has 9 heteroatoms. The van der Waals surface area contributed by atoms with Crippen molar-refractivity contribution >= 4 is 41.7 Å². The lowest BCUT2D eigenvalue weighted by Crippen LogP contribution is -2.58. The third-order valence-corrected chi connectivity index (χ3v) is 6.94. The molecule has 1 aliphatic heterocycles. The van der Waals surface area contributed by atoms with Gasteiger partial charge in [-0.1, -0.05) is 69.2 Å². The van der Waals surface area contributed by atoms with Crippen LogP contribution in [0.5, 0.6) is 0 Å². The second-order valence-corrected chi connectivity index (χ2v) is 11.1. The number of hydrogen-bond acceptors (Lipinski definition) is 4. The van der Waals surface area contributed by atoms with E-state index in [1.165, 1.54) is 15.9 Å². The maximum absolute atomic E-state index is 13.8. The molecule has 0 bridgehead atoms. The minimum atomic E-state index is -1.22. The number of carbonyl (C=O) groups excluding carboxylic acids is 3. The molecule has 3 aromatic carbocycles. The third-order valence-electron chi connectivity index (χ3n) is 6.94. The quantitative estimate of drug-likeness (QED) is 0.333. The van der Waals surface area contributed by atoms with E-state index >= 15 is 0 Å². The highest BCUT2D eigenvalue weighted by Crippen LogP contribution is 2.28. The van der Waals surface area contributed by atoms with Crippen LogP contribution in [0.15, 0.2) is 66.7 Å². The molecule has 0 radical (unpaired) electrons. The predicted molar refractivity (Wildman–Crippen MR) is 155 cm³/mol. The number of urea groups is 1. The SMILES string of the molecule is CC[C@@H](N(NC(=O)c1ccc2c(c1)NC(=O)N(c1ccccc1)B2O)C(=O)c1cc(C)cc(C)c1)C(C)(C)C. The summed E-state index contributed by atoms with van der Waals surface area (Å²) in [6.45, 7) is 11.9. The minimum Gasteiger partial charge on any atom is -0.428 e. The third kappa shape index (κ3) is 5.83. The van der Waals surface area contributed by atoms with Gasteiger partial charge in [-0.3, -0.25) is 15.0 Å². The van der Waals surface area contributed by atoms with E-state index in [1.54, 1.807) is 36.4 Å². The number of nitrogens with zero attached hydrogens (tertiary/aromatic N) is 2.